The van der Waals surface area contributed by atoms with E-state index in [-0.39, 0.29) is 12.4 Å². The van der Waals surface area contributed by atoms with Crippen molar-refractivity contribution in [3.63, 3.8) is 0 Å². The second-order valence-corrected chi connectivity index (χ2v) is 0.928. The fourth-order valence-corrected chi connectivity index (χ4v) is 0.178. The molecule has 0 atom stereocenters. The lowest BCUT2D eigenvalue weighted by Gasteiger charge is -1.86. The highest BCUT2D eigenvalue weighted by atomic mass is 35.5. The molecule has 0 bridgehead atoms. The zero-order chi connectivity index (χ0) is 4.83. The van der Waals surface area contributed by atoms with E-state index in [2.05, 4.69) is 10.4 Å². The largest absolute Gasteiger partial charge is 0.315 e. The Hall–Kier alpha value is 0.0800. The number of nitrogens with one attached hydrogen (secondary N) is 2. The highest BCUT2D eigenvalue weighted by molar-refractivity contribution is 6.13. The van der Waals surface area contributed by atoms with Crippen molar-refractivity contribution in [3.8, 4) is 0 Å². The van der Waals surface area contributed by atoms with Crippen LogP contribution in [0.4, 0.5) is 0 Å². The van der Waals surface area contributed by atoms with Crippen molar-refractivity contribution >= 4 is 24.2 Å². The molecule has 2 nitrogen and oxygen atoms in total. The van der Waals surface area contributed by atoms with Crippen molar-refractivity contribution in [2.45, 2.75) is 6.92 Å². The Kier molecular flexibility index (Phi) is 13.7. The van der Waals surface area contributed by atoms with Gasteiger partial charge in [0.15, 0.2) is 0 Å². The number of rotatable bonds is 2. The lowest BCUT2D eigenvalue weighted by Crippen LogP contribution is -2.14. The average Bonchev–Trinajstić information content (AvgIpc) is 1.61. The van der Waals surface area contributed by atoms with Crippen molar-refractivity contribution in [1.29, 1.82) is 0 Å². The van der Waals surface area contributed by atoms with E-state index in [1.165, 1.54) is 0 Å². The van der Waals surface area contributed by atoms with E-state index < -0.39 is 0 Å². The van der Waals surface area contributed by atoms with E-state index in [1.54, 1.807) is 6.20 Å². The Morgan fingerprint density at radius 1 is 1.57 bits per heavy atom. The minimum atomic E-state index is 0. The quantitative estimate of drug-likeness (QED) is 0.448. The fourth-order valence-electron chi connectivity index (χ4n) is 0.115. The summed E-state index contributed by atoms with van der Waals surface area (Å²) < 4.78 is 0. The van der Waals surface area contributed by atoms with Crippen LogP contribution >= 0.6 is 24.2 Å². The molecule has 0 aliphatic rings. The Bertz CT molecular complexity index is 46.2. The molecule has 0 aliphatic heterocycles. The third kappa shape index (κ3) is 10.7. The maximum absolute atomic E-state index is 4.97. The van der Waals surface area contributed by atoms with Crippen molar-refractivity contribution in [3.05, 3.63) is 12.3 Å². The van der Waals surface area contributed by atoms with Crippen molar-refractivity contribution in [2.75, 3.05) is 0 Å². The van der Waals surface area contributed by atoms with Gasteiger partial charge in [-0.2, -0.15) is 0 Å². The van der Waals surface area contributed by atoms with Gasteiger partial charge in [-0.3, -0.25) is 0 Å². The van der Waals surface area contributed by atoms with Crippen LogP contribution in [-0.4, -0.2) is 0 Å². The van der Waals surface area contributed by atoms with Gasteiger partial charge in [0.05, 0.1) is 0 Å². The SMILES string of the molecule is CC=CNNCl.Cl. The summed E-state index contributed by atoms with van der Waals surface area (Å²) in [5, 5.41) is 0. The van der Waals surface area contributed by atoms with Crippen LogP contribution in [0.2, 0.25) is 0 Å². The average molecular weight is 143 g/mol. The van der Waals surface area contributed by atoms with Crippen molar-refractivity contribution < 1.29 is 0 Å². The van der Waals surface area contributed by atoms with E-state index in [4.69, 9.17) is 11.8 Å². The predicted octanol–water partition coefficient (Wildman–Crippen LogP) is 1.19. The van der Waals surface area contributed by atoms with Gasteiger partial charge in [0.1, 0.15) is 0 Å². The van der Waals surface area contributed by atoms with Crippen LogP contribution in [-0.2, 0) is 0 Å². The molecule has 0 spiro atoms. The molecule has 0 aromatic carbocycles. The Labute approximate surface area is 54.4 Å². The molecule has 0 fully saturated rings. The van der Waals surface area contributed by atoms with Crippen LogP contribution < -0.4 is 10.4 Å². The minimum Gasteiger partial charge on any atom is -0.315 e. The second kappa shape index (κ2) is 9.43. The molecular formula is C3H8Cl2N2. The summed E-state index contributed by atoms with van der Waals surface area (Å²) in [5.41, 5.74) is 2.53. The lowest BCUT2D eigenvalue weighted by atomic mass is 10.7. The first kappa shape index (κ1) is 10.1. The summed E-state index contributed by atoms with van der Waals surface area (Å²) in [7, 11) is 0. The van der Waals surface area contributed by atoms with Gasteiger partial charge in [0.2, 0.25) is 0 Å². The number of hydrogen-bond donors (Lipinski definition) is 2. The monoisotopic (exact) mass is 142 g/mol. The third-order valence-electron chi connectivity index (χ3n) is 0.305. The summed E-state index contributed by atoms with van der Waals surface area (Å²) in [4.78, 5) is 2.20. The molecule has 0 aliphatic carbocycles. The molecular weight excluding hydrogens is 135 g/mol. The van der Waals surface area contributed by atoms with Crippen LogP contribution in [0.1, 0.15) is 6.92 Å². The van der Waals surface area contributed by atoms with Crippen LogP contribution in [0.25, 0.3) is 0 Å². The first-order valence-electron chi connectivity index (χ1n) is 1.64. The molecule has 0 amide bonds. The van der Waals surface area contributed by atoms with Crippen LogP contribution in [0.5, 0.6) is 0 Å². The van der Waals surface area contributed by atoms with Gasteiger partial charge >= 0.3 is 0 Å². The molecule has 7 heavy (non-hydrogen) atoms. The number of hydrogen-bond acceptors (Lipinski definition) is 2. The summed E-state index contributed by atoms with van der Waals surface area (Å²) in [6.45, 7) is 1.89. The van der Waals surface area contributed by atoms with E-state index in [0.29, 0.717) is 0 Å². The van der Waals surface area contributed by atoms with E-state index in [1.807, 2.05) is 13.0 Å². The van der Waals surface area contributed by atoms with E-state index in [0.717, 1.165) is 0 Å². The Morgan fingerprint density at radius 2 is 2.14 bits per heavy atom. The smallest absolute Gasteiger partial charge is 0.00950 e. The molecule has 0 aromatic heterocycles. The summed E-state index contributed by atoms with van der Waals surface area (Å²) in [5.74, 6) is 0. The van der Waals surface area contributed by atoms with Crippen molar-refractivity contribution in [2.24, 2.45) is 0 Å². The van der Waals surface area contributed by atoms with Gasteiger partial charge in [-0.15, -0.1) is 17.4 Å². The molecule has 0 unspecified atom stereocenters. The normalized spacial score (nSPS) is 8.29. The third-order valence-corrected chi connectivity index (χ3v) is 0.414. The molecule has 4 heteroatoms. The summed E-state index contributed by atoms with van der Waals surface area (Å²) >= 11 is 4.97. The number of halogens is 2. The van der Waals surface area contributed by atoms with Crippen LogP contribution in [0.3, 0.4) is 0 Å². The summed E-state index contributed by atoms with van der Waals surface area (Å²) in [6.07, 6.45) is 3.52. The fraction of sp³-hybridized carbons (Fsp3) is 0.333. The Balaban J connectivity index is 0. The molecule has 0 aromatic rings. The topological polar surface area (TPSA) is 24.1 Å². The lowest BCUT2D eigenvalue weighted by molar-refractivity contribution is 0.860. The minimum absolute atomic E-state index is 0. The number of hydrazine groups is 1. The zero-order valence-electron chi connectivity index (χ0n) is 3.94. The highest BCUT2D eigenvalue weighted by Crippen LogP contribution is 1.57. The van der Waals surface area contributed by atoms with Gasteiger partial charge in [0, 0.05) is 6.20 Å². The van der Waals surface area contributed by atoms with Gasteiger partial charge in [0.25, 0.3) is 0 Å². The van der Waals surface area contributed by atoms with Crippen LogP contribution in [0, 0.1) is 0 Å². The van der Waals surface area contributed by atoms with Crippen LogP contribution in [0.15, 0.2) is 12.3 Å². The molecule has 0 heterocycles. The summed E-state index contributed by atoms with van der Waals surface area (Å²) in [6, 6.07) is 0. The maximum atomic E-state index is 4.97. The zero-order valence-corrected chi connectivity index (χ0v) is 5.51. The highest BCUT2D eigenvalue weighted by Gasteiger charge is 1.57. The first-order valence-corrected chi connectivity index (χ1v) is 2.02. The molecule has 44 valence electrons. The standard InChI is InChI=1S/C3H7ClN2.ClH/c1-2-3-5-6-4;/h2-3,5-6H,1H3;1H. The van der Waals surface area contributed by atoms with Gasteiger partial charge in [-0.25, -0.2) is 0 Å². The molecule has 2 N–H and O–H groups in total. The first-order chi connectivity index (χ1) is 2.91. The number of allylic oxidation sites excluding steroid dienone is 1. The molecule has 0 rings (SSSR count). The molecule has 0 radical (unpaired) electrons. The Morgan fingerprint density at radius 3 is 2.29 bits per heavy atom. The maximum Gasteiger partial charge on any atom is 0.00950 e. The van der Waals surface area contributed by atoms with Crippen molar-refractivity contribution in [1.82, 2.24) is 10.4 Å². The predicted molar refractivity (Wildman–Crippen MR) is 34.2 cm³/mol. The second-order valence-electron chi connectivity index (χ2n) is 0.739. The van der Waals surface area contributed by atoms with Gasteiger partial charge in [-0.05, 0) is 18.7 Å². The van der Waals surface area contributed by atoms with Gasteiger partial charge in [-0.1, -0.05) is 6.08 Å². The van der Waals surface area contributed by atoms with E-state index in [9.17, 15) is 0 Å². The van der Waals surface area contributed by atoms with Gasteiger partial charge < -0.3 is 5.43 Å². The molecule has 0 saturated heterocycles. The molecule has 0 saturated carbocycles. The van der Waals surface area contributed by atoms with E-state index >= 15 is 0 Å².